The van der Waals surface area contributed by atoms with Crippen molar-refractivity contribution in [2.45, 2.75) is 50.6 Å². The molecule has 6 aromatic rings. The first-order valence-electron chi connectivity index (χ1n) is 17.1. The molecule has 0 saturated heterocycles. The van der Waals surface area contributed by atoms with Crippen molar-refractivity contribution in [3.05, 3.63) is 160 Å². The monoisotopic (exact) mass is 1010 g/mol. The SMILES string of the molecule is COC(=O)c1scc(C)c1N(Cc1ccccc1Br)S(=O)(=O)c1ccc(C)cc1.Cc1ccc(S(=O)(=O)N(Cc2ccccc2Br)c2c(C)csc2C(=O)O)cc1.[Na+].[OH-]. The van der Waals surface area contributed by atoms with Crippen molar-refractivity contribution >= 4 is 97.9 Å². The molecule has 0 atom stereocenters. The van der Waals surface area contributed by atoms with Gasteiger partial charge in [0.25, 0.3) is 20.0 Å². The number of hydrogen-bond acceptors (Lipinski definition) is 10. The topological polar surface area (TPSA) is 168 Å². The number of carbonyl (C=O) groups excluding carboxylic acids is 1. The Morgan fingerprint density at radius 3 is 1.34 bits per heavy atom. The summed E-state index contributed by atoms with van der Waals surface area (Å²) >= 11 is 9.14. The summed E-state index contributed by atoms with van der Waals surface area (Å²) in [5, 5.41) is 13.0. The Kier molecular flexibility index (Phi) is 18.2. The number of methoxy groups -OCH3 is 1. The molecule has 0 bridgehead atoms. The van der Waals surface area contributed by atoms with E-state index in [-0.39, 0.29) is 73.4 Å². The molecule has 0 aliphatic carbocycles. The fourth-order valence-corrected chi connectivity index (χ4v) is 11.5. The second-order valence-corrected chi connectivity index (χ2v) is 20.0. The van der Waals surface area contributed by atoms with Gasteiger partial charge in [0.05, 0.1) is 41.4 Å². The Morgan fingerprint density at radius 1 is 0.627 bits per heavy atom. The molecule has 2 heterocycles. The van der Waals surface area contributed by atoms with Gasteiger partial charge in [0.1, 0.15) is 9.75 Å². The molecule has 0 aliphatic rings. The van der Waals surface area contributed by atoms with Gasteiger partial charge in [-0.15, -0.1) is 22.7 Å². The zero-order chi connectivity index (χ0) is 41.7. The van der Waals surface area contributed by atoms with Crippen molar-refractivity contribution in [2.24, 2.45) is 0 Å². The van der Waals surface area contributed by atoms with Crippen LogP contribution in [-0.4, -0.2) is 46.5 Å². The van der Waals surface area contributed by atoms with Crippen molar-refractivity contribution in [1.82, 2.24) is 0 Å². The van der Waals surface area contributed by atoms with Crippen molar-refractivity contribution in [3.63, 3.8) is 0 Å². The number of esters is 1. The van der Waals surface area contributed by atoms with E-state index in [0.717, 1.165) is 42.5 Å². The number of nitrogens with zero attached hydrogens (tertiary/aromatic N) is 2. The summed E-state index contributed by atoms with van der Waals surface area (Å²) in [5.41, 5.74) is 5.26. The predicted molar refractivity (Wildman–Crippen MR) is 236 cm³/mol. The van der Waals surface area contributed by atoms with Crippen LogP contribution in [0.15, 0.2) is 127 Å². The number of sulfonamides is 2. The molecule has 0 saturated carbocycles. The standard InChI is InChI=1S/C21H20BrNO4S2.C20H18BrNO4S2.Na.H2O/c1-14-8-10-17(11-9-14)29(25,26)23(12-16-6-4-5-7-18(16)22)19-15(2)13-28-20(19)21(24)27-3;1-13-7-9-16(10-8-13)28(25,26)22(11-15-5-3-4-6-17(15)21)18-14(2)12-27-19(18)20(23)24;;/h4-11,13H,12H2,1-3H3;3-10,12H,11H2,1-2H3,(H,23,24);;1H2/q;;+1;/p-1. The van der Waals surface area contributed by atoms with Crippen LogP contribution >= 0.6 is 54.5 Å². The molecular weight excluding hydrogens is 976 g/mol. The van der Waals surface area contributed by atoms with Gasteiger partial charge >= 0.3 is 41.5 Å². The Morgan fingerprint density at radius 2 is 0.983 bits per heavy atom. The van der Waals surface area contributed by atoms with E-state index in [4.69, 9.17) is 4.74 Å². The van der Waals surface area contributed by atoms with E-state index in [2.05, 4.69) is 31.9 Å². The number of aromatic carboxylic acids is 1. The average Bonchev–Trinajstić information content (AvgIpc) is 3.76. The van der Waals surface area contributed by atoms with Crippen LogP contribution < -0.4 is 38.2 Å². The zero-order valence-electron chi connectivity index (χ0n) is 32.8. The van der Waals surface area contributed by atoms with Gasteiger partial charge in [-0.3, -0.25) is 8.61 Å². The fourth-order valence-electron chi connectivity index (χ4n) is 5.69. The van der Waals surface area contributed by atoms with Crippen LogP contribution in [0.1, 0.15) is 52.7 Å². The quantitative estimate of drug-likeness (QED) is 0.0974. The van der Waals surface area contributed by atoms with Crippen LogP contribution in [0.3, 0.4) is 0 Å². The van der Waals surface area contributed by atoms with Gasteiger partial charge in [0.2, 0.25) is 0 Å². The molecular formula is C41H39Br2N2NaO9S4. The molecule has 0 amide bonds. The van der Waals surface area contributed by atoms with Gasteiger partial charge in [-0.25, -0.2) is 26.4 Å². The second kappa shape index (κ2) is 21.4. The van der Waals surface area contributed by atoms with E-state index >= 15 is 0 Å². The summed E-state index contributed by atoms with van der Waals surface area (Å²) in [5.74, 6) is -1.71. The zero-order valence-corrected chi connectivity index (χ0v) is 41.3. The number of halogens is 2. The Hall–Kier alpha value is -3.36. The Balaban J connectivity index is 0.000000305. The van der Waals surface area contributed by atoms with Crippen LogP contribution in [-0.2, 0) is 37.9 Å². The third-order valence-electron chi connectivity index (χ3n) is 8.71. The van der Waals surface area contributed by atoms with Crippen molar-refractivity contribution in [2.75, 3.05) is 15.7 Å². The van der Waals surface area contributed by atoms with E-state index in [1.807, 2.05) is 62.4 Å². The van der Waals surface area contributed by atoms with Crippen LogP contribution in [0.25, 0.3) is 0 Å². The second-order valence-electron chi connectivity index (χ2n) is 12.8. The number of carboxylic acids is 1. The first kappa shape index (κ1) is 50.0. The van der Waals surface area contributed by atoms with Crippen molar-refractivity contribution in [3.8, 4) is 0 Å². The molecule has 0 aliphatic heterocycles. The summed E-state index contributed by atoms with van der Waals surface area (Å²) in [7, 11) is -6.62. The molecule has 4 aromatic carbocycles. The maximum Gasteiger partial charge on any atom is 1.00 e. The minimum atomic E-state index is -3.98. The van der Waals surface area contributed by atoms with E-state index < -0.39 is 32.0 Å². The van der Waals surface area contributed by atoms with Crippen molar-refractivity contribution in [1.29, 1.82) is 0 Å². The summed E-state index contributed by atoms with van der Waals surface area (Å²) in [4.78, 5) is 24.6. The van der Waals surface area contributed by atoms with E-state index in [1.165, 1.54) is 27.1 Å². The third-order valence-corrected chi connectivity index (χ3v) is 15.9. The number of thiophene rings is 2. The van der Waals surface area contributed by atoms with Crippen LogP contribution in [0.2, 0.25) is 0 Å². The number of carbonyl (C=O) groups is 2. The minimum absolute atomic E-state index is 0. The number of rotatable bonds is 12. The Bertz CT molecular complexity index is 2630. The molecule has 11 nitrogen and oxygen atoms in total. The van der Waals surface area contributed by atoms with E-state index in [9.17, 15) is 31.5 Å². The van der Waals surface area contributed by atoms with Gasteiger partial charge in [0, 0.05) is 8.95 Å². The summed E-state index contributed by atoms with van der Waals surface area (Å²) < 4.78 is 63.2. The van der Waals surface area contributed by atoms with Crippen LogP contribution in [0.4, 0.5) is 11.4 Å². The first-order valence-corrected chi connectivity index (χ1v) is 23.3. The number of benzene rings is 4. The van der Waals surface area contributed by atoms with Gasteiger partial charge in [-0.1, -0.05) is 104 Å². The van der Waals surface area contributed by atoms with Crippen LogP contribution in [0.5, 0.6) is 0 Å². The van der Waals surface area contributed by atoms with Gasteiger partial charge in [0.15, 0.2) is 0 Å². The largest absolute Gasteiger partial charge is 1.00 e. The summed E-state index contributed by atoms with van der Waals surface area (Å²) in [6, 6.07) is 27.9. The summed E-state index contributed by atoms with van der Waals surface area (Å²) in [6.07, 6.45) is 0. The van der Waals surface area contributed by atoms with Crippen LogP contribution in [0, 0.1) is 27.7 Å². The summed E-state index contributed by atoms with van der Waals surface area (Å²) in [6.45, 7) is 7.36. The molecule has 0 spiro atoms. The number of carboxylic acid groups (broad SMARTS) is 1. The van der Waals surface area contributed by atoms with E-state index in [0.29, 0.717) is 16.8 Å². The van der Waals surface area contributed by atoms with Crippen molar-refractivity contribution < 1.29 is 71.3 Å². The number of anilines is 2. The molecule has 6 rings (SSSR count). The van der Waals surface area contributed by atoms with Gasteiger partial charge in [-0.05, 0) is 97.1 Å². The number of aryl methyl sites for hydroxylation is 4. The number of ether oxygens (including phenoxy) is 1. The normalized spacial score (nSPS) is 11.0. The van der Waals surface area contributed by atoms with Gasteiger partial charge in [-0.2, -0.15) is 0 Å². The average molecular weight is 1010 g/mol. The minimum Gasteiger partial charge on any atom is -0.870 e. The fraction of sp³-hybridized carbons (Fsp3) is 0.171. The maximum atomic E-state index is 13.6. The molecule has 59 heavy (non-hydrogen) atoms. The smallest absolute Gasteiger partial charge is 0.870 e. The predicted octanol–water partition coefficient (Wildman–Crippen LogP) is 7.36. The molecule has 2 aromatic heterocycles. The van der Waals surface area contributed by atoms with E-state index in [1.54, 1.807) is 73.1 Å². The third kappa shape index (κ3) is 11.5. The maximum absolute atomic E-state index is 13.6. The Labute approximate surface area is 391 Å². The molecule has 306 valence electrons. The molecule has 0 radical (unpaired) electrons. The molecule has 18 heteroatoms. The number of hydrogen-bond donors (Lipinski definition) is 1. The molecule has 0 fully saturated rings. The first-order chi connectivity index (χ1) is 27.0. The molecule has 0 unspecified atom stereocenters. The molecule has 2 N–H and O–H groups in total. The van der Waals surface area contributed by atoms with Gasteiger partial charge < -0.3 is 15.3 Å².